The molecule has 2 aromatic rings. The fraction of sp³-hybridized carbons (Fsp3) is 0.500. The molecule has 0 atom stereocenters. The number of esters is 1. The number of anilines is 1. The summed E-state index contributed by atoms with van der Waals surface area (Å²) in [7, 11) is 0. The van der Waals surface area contributed by atoms with Crippen LogP contribution >= 0.6 is 11.8 Å². The molecule has 0 spiro atoms. The molecule has 21 heavy (non-hydrogen) atoms. The highest BCUT2D eigenvalue weighted by atomic mass is 32.2. The number of nitrogens with two attached hydrogens (primary N) is 1. The van der Waals surface area contributed by atoms with Crippen molar-refractivity contribution in [3.8, 4) is 0 Å². The van der Waals surface area contributed by atoms with E-state index in [0.29, 0.717) is 28.9 Å². The molecule has 2 heterocycles. The molecule has 0 amide bonds. The van der Waals surface area contributed by atoms with E-state index in [9.17, 15) is 4.79 Å². The second kappa shape index (κ2) is 6.80. The normalized spacial score (nSPS) is 11.0. The van der Waals surface area contributed by atoms with Crippen molar-refractivity contribution < 1.29 is 9.53 Å². The number of nitrogens with zero attached hydrogens (tertiary/aromatic N) is 3. The molecule has 0 aromatic carbocycles. The lowest BCUT2D eigenvalue weighted by molar-refractivity contribution is 0.0526. The van der Waals surface area contributed by atoms with Gasteiger partial charge >= 0.3 is 5.97 Å². The molecule has 2 N–H and O–H groups in total. The maximum atomic E-state index is 12.0. The minimum absolute atomic E-state index is 0.309. The number of hydrogen-bond donors (Lipinski definition) is 1. The maximum Gasteiger partial charge on any atom is 0.342 e. The number of ether oxygens (including phenoxy) is 1. The molecular formula is C14H20N4O2S. The molecule has 2 aromatic heterocycles. The summed E-state index contributed by atoms with van der Waals surface area (Å²) in [6, 6.07) is 0. The topological polar surface area (TPSA) is 83.0 Å². The second-order valence-corrected chi connectivity index (χ2v) is 5.90. The Morgan fingerprint density at radius 3 is 2.90 bits per heavy atom. The van der Waals surface area contributed by atoms with E-state index in [4.69, 9.17) is 10.5 Å². The van der Waals surface area contributed by atoms with Gasteiger partial charge in [0.2, 0.25) is 0 Å². The minimum atomic E-state index is -0.434. The van der Waals surface area contributed by atoms with E-state index >= 15 is 0 Å². The molecule has 7 heteroatoms. The fourth-order valence-corrected chi connectivity index (χ4v) is 2.74. The number of fused-ring (bicyclic) bond motifs is 1. The molecule has 114 valence electrons. The maximum absolute atomic E-state index is 12.0. The third kappa shape index (κ3) is 3.12. The van der Waals surface area contributed by atoms with Crippen molar-refractivity contribution in [3.63, 3.8) is 0 Å². The first-order valence-corrected chi connectivity index (χ1v) is 8.12. The van der Waals surface area contributed by atoms with Gasteiger partial charge in [-0.25, -0.2) is 14.5 Å². The van der Waals surface area contributed by atoms with Gasteiger partial charge in [0.05, 0.1) is 36.1 Å². The van der Waals surface area contributed by atoms with Gasteiger partial charge in [0.15, 0.2) is 5.65 Å². The Morgan fingerprint density at radius 1 is 1.48 bits per heavy atom. The van der Waals surface area contributed by atoms with E-state index in [1.54, 1.807) is 20.0 Å². The third-order valence-electron chi connectivity index (χ3n) is 3.14. The van der Waals surface area contributed by atoms with Crippen LogP contribution in [-0.4, -0.2) is 38.8 Å². The van der Waals surface area contributed by atoms with E-state index in [0.717, 1.165) is 23.7 Å². The Bertz CT molecular complexity index is 654. The molecule has 6 nitrogen and oxygen atoms in total. The zero-order valence-electron chi connectivity index (χ0n) is 12.5. The summed E-state index contributed by atoms with van der Waals surface area (Å²) in [5.74, 6) is 1.60. The van der Waals surface area contributed by atoms with Gasteiger partial charge < -0.3 is 10.5 Å². The van der Waals surface area contributed by atoms with Crippen molar-refractivity contribution in [3.05, 3.63) is 17.5 Å². The average Bonchev–Trinajstić information content (AvgIpc) is 2.83. The van der Waals surface area contributed by atoms with Gasteiger partial charge in [0.1, 0.15) is 5.56 Å². The number of nitrogen functional groups attached to an aromatic ring is 1. The number of aromatic nitrogens is 3. The molecule has 0 saturated carbocycles. The number of aryl methyl sites for hydroxylation is 2. The summed E-state index contributed by atoms with van der Waals surface area (Å²) in [6.45, 7) is 6.73. The summed E-state index contributed by atoms with van der Waals surface area (Å²) in [4.78, 5) is 16.5. The van der Waals surface area contributed by atoms with Crippen molar-refractivity contribution in [2.45, 2.75) is 27.3 Å². The van der Waals surface area contributed by atoms with Crippen LogP contribution in [0.4, 0.5) is 5.69 Å². The Kier molecular flexibility index (Phi) is 5.06. The van der Waals surface area contributed by atoms with Crippen LogP contribution in [0.2, 0.25) is 0 Å². The van der Waals surface area contributed by atoms with Crippen LogP contribution in [-0.2, 0) is 11.3 Å². The molecule has 0 bridgehead atoms. The third-order valence-corrected chi connectivity index (χ3v) is 4.02. The predicted molar refractivity (Wildman–Crippen MR) is 85.6 cm³/mol. The van der Waals surface area contributed by atoms with Gasteiger partial charge in [0.25, 0.3) is 0 Å². The lowest BCUT2D eigenvalue weighted by Gasteiger charge is -2.10. The quantitative estimate of drug-likeness (QED) is 0.651. The van der Waals surface area contributed by atoms with Crippen molar-refractivity contribution in [1.82, 2.24) is 14.8 Å². The van der Waals surface area contributed by atoms with Crippen LogP contribution in [0.1, 0.15) is 29.9 Å². The molecule has 0 saturated heterocycles. The Morgan fingerprint density at radius 2 is 2.24 bits per heavy atom. The summed E-state index contributed by atoms with van der Waals surface area (Å²) >= 11 is 1.84. The lowest BCUT2D eigenvalue weighted by Crippen LogP contribution is -2.12. The Balaban J connectivity index is 2.42. The van der Waals surface area contributed by atoms with E-state index in [1.165, 1.54) is 0 Å². The molecule has 2 rings (SSSR count). The van der Waals surface area contributed by atoms with Gasteiger partial charge in [0, 0.05) is 5.75 Å². The number of thioether (sulfide) groups is 1. The first-order chi connectivity index (χ1) is 10.1. The number of pyridine rings is 1. The van der Waals surface area contributed by atoms with E-state index in [2.05, 4.69) is 17.0 Å². The van der Waals surface area contributed by atoms with Crippen molar-refractivity contribution in [2.75, 3.05) is 23.8 Å². The van der Waals surface area contributed by atoms with Gasteiger partial charge in [-0.1, -0.05) is 6.92 Å². The van der Waals surface area contributed by atoms with Crippen molar-refractivity contribution in [2.24, 2.45) is 0 Å². The van der Waals surface area contributed by atoms with E-state index < -0.39 is 5.97 Å². The highest BCUT2D eigenvalue weighted by Crippen LogP contribution is 2.26. The molecule has 0 fully saturated rings. The van der Waals surface area contributed by atoms with Gasteiger partial charge in [-0.3, -0.25) is 0 Å². The van der Waals surface area contributed by atoms with Crippen LogP contribution < -0.4 is 5.73 Å². The number of carbonyl (C=O) groups excluding carboxylic acids is 1. The SMILES string of the molecule is CCOC(=O)c1c(C)nc2c(cnn2CCSCC)c1N. The van der Waals surface area contributed by atoms with Crippen LogP contribution in [0, 0.1) is 6.92 Å². The van der Waals surface area contributed by atoms with Crippen LogP contribution in [0.25, 0.3) is 11.0 Å². The fourth-order valence-electron chi connectivity index (χ4n) is 2.15. The van der Waals surface area contributed by atoms with Gasteiger partial charge in [-0.05, 0) is 19.6 Å². The summed E-state index contributed by atoms with van der Waals surface area (Å²) in [6.07, 6.45) is 1.66. The van der Waals surface area contributed by atoms with Crippen LogP contribution in [0.3, 0.4) is 0 Å². The van der Waals surface area contributed by atoms with Crippen LogP contribution in [0.5, 0.6) is 0 Å². The van der Waals surface area contributed by atoms with Gasteiger partial charge in [-0.15, -0.1) is 0 Å². The molecule has 0 aliphatic carbocycles. The standard InChI is InChI=1S/C14H20N4O2S/c1-4-20-14(19)11-9(3)17-13-10(12(11)15)8-16-18(13)6-7-21-5-2/h8H,4-7H2,1-3H3,(H2,15,17). The molecule has 0 aliphatic rings. The van der Waals surface area contributed by atoms with Crippen molar-refractivity contribution >= 4 is 34.5 Å². The second-order valence-electron chi connectivity index (χ2n) is 4.51. The summed E-state index contributed by atoms with van der Waals surface area (Å²) < 4.78 is 6.86. The molecule has 0 unspecified atom stereocenters. The molecular weight excluding hydrogens is 288 g/mol. The van der Waals surface area contributed by atoms with Gasteiger partial charge in [-0.2, -0.15) is 16.9 Å². The van der Waals surface area contributed by atoms with Crippen LogP contribution in [0.15, 0.2) is 6.20 Å². The molecule has 0 aliphatic heterocycles. The Labute approximate surface area is 128 Å². The number of carbonyl (C=O) groups is 1. The average molecular weight is 308 g/mol. The highest BCUT2D eigenvalue weighted by molar-refractivity contribution is 7.99. The Hall–Kier alpha value is -1.76. The number of rotatable bonds is 6. The lowest BCUT2D eigenvalue weighted by atomic mass is 10.1. The first-order valence-electron chi connectivity index (χ1n) is 6.96. The van der Waals surface area contributed by atoms with E-state index in [1.807, 2.05) is 16.4 Å². The van der Waals surface area contributed by atoms with Crippen molar-refractivity contribution in [1.29, 1.82) is 0 Å². The minimum Gasteiger partial charge on any atom is -0.462 e. The number of hydrogen-bond acceptors (Lipinski definition) is 6. The molecule has 0 radical (unpaired) electrons. The smallest absolute Gasteiger partial charge is 0.342 e. The summed E-state index contributed by atoms with van der Waals surface area (Å²) in [5, 5.41) is 5.02. The first kappa shape index (κ1) is 15.6. The zero-order valence-corrected chi connectivity index (χ0v) is 13.4. The summed E-state index contributed by atoms with van der Waals surface area (Å²) in [5.41, 5.74) is 8.14. The zero-order chi connectivity index (χ0) is 15.4. The van der Waals surface area contributed by atoms with E-state index in [-0.39, 0.29) is 0 Å². The largest absolute Gasteiger partial charge is 0.462 e. The monoisotopic (exact) mass is 308 g/mol. The predicted octanol–water partition coefficient (Wildman–Crippen LogP) is 2.25. The highest BCUT2D eigenvalue weighted by Gasteiger charge is 2.20.